The largest absolute Gasteiger partial charge is 0.481 e. The molecule has 0 unspecified atom stereocenters. The van der Waals surface area contributed by atoms with Gasteiger partial charge in [-0.05, 0) is 105 Å². The zero-order valence-corrected chi connectivity index (χ0v) is 40.0. The molecule has 4 aromatic carbocycles. The van der Waals surface area contributed by atoms with Gasteiger partial charge >= 0.3 is 5.97 Å². The number of carboxylic acids is 1. The van der Waals surface area contributed by atoms with Crippen LogP contribution in [0.5, 0.6) is 11.5 Å². The first-order chi connectivity index (χ1) is 32.1. The fourth-order valence-corrected chi connectivity index (χ4v) is 9.41. The number of carbonyl (C=O) groups excluding carboxylic acids is 4. The van der Waals surface area contributed by atoms with E-state index in [-0.39, 0.29) is 31.8 Å². The Hall–Kier alpha value is -6.02. The standard InChI is InChI=1S/C52H58Cl2N6O7/c1-34-46(61)26-40(28-50(63)64)52(66)57(3)43(25-36-12-17-41(53)18-13-36)32-56(2)51(65)39(24-35-10-6-5-7-11-35)27-49(62)60(34)31-38-14-19-42(54)29-47(38)67-44-20-15-37(16-21-44)45-30-55-48(58(45)4)33-59-22-8-9-23-59/h5-7,10-21,29-30,34,39-40,43H,8-9,22-28,31-33H2,1-4H3,(H,63,64)/t34-,39+,40-,43+/m0/s1. The van der Waals surface area contributed by atoms with Gasteiger partial charge in [0.2, 0.25) is 17.7 Å². The molecule has 0 radical (unpaired) electrons. The maximum absolute atomic E-state index is 14.9. The summed E-state index contributed by atoms with van der Waals surface area (Å²) in [6.45, 7) is 4.48. The molecule has 0 bridgehead atoms. The van der Waals surface area contributed by atoms with E-state index in [1.807, 2.05) is 80.0 Å². The Balaban J connectivity index is 1.19. The Morgan fingerprint density at radius 1 is 0.776 bits per heavy atom. The van der Waals surface area contributed by atoms with Crippen molar-refractivity contribution in [1.29, 1.82) is 0 Å². The van der Waals surface area contributed by atoms with E-state index in [9.17, 15) is 29.1 Å². The molecular formula is C52H58Cl2N6O7. The van der Waals surface area contributed by atoms with Crippen LogP contribution in [0.1, 0.15) is 61.5 Å². The van der Waals surface area contributed by atoms with Gasteiger partial charge in [0.15, 0.2) is 5.78 Å². The fourth-order valence-electron chi connectivity index (χ4n) is 9.12. The van der Waals surface area contributed by atoms with Gasteiger partial charge in [-0.15, -0.1) is 0 Å². The number of carboxylic acid groups (broad SMARTS) is 1. The van der Waals surface area contributed by atoms with Gasteiger partial charge in [-0.1, -0.05) is 71.7 Å². The van der Waals surface area contributed by atoms with Crippen LogP contribution in [-0.4, -0.2) is 110 Å². The molecule has 2 fully saturated rings. The maximum Gasteiger partial charge on any atom is 0.304 e. The summed E-state index contributed by atoms with van der Waals surface area (Å²) in [7, 11) is 5.24. The quantitative estimate of drug-likeness (QED) is 0.123. The van der Waals surface area contributed by atoms with Crippen molar-refractivity contribution in [3.8, 4) is 22.8 Å². The van der Waals surface area contributed by atoms with E-state index < -0.39 is 60.3 Å². The van der Waals surface area contributed by atoms with Crippen LogP contribution in [0.4, 0.5) is 0 Å². The number of ketones is 1. The van der Waals surface area contributed by atoms with Crippen molar-refractivity contribution in [2.24, 2.45) is 18.9 Å². The summed E-state index contributed by atoms with van der Waals surface area (Å²) >= 11 is 12.7. The first kappa shape index (κ1) is 48.9. The van der Waals surface area contributed by atoms with Crippen molar-refractivity contribution in [2.75, 3.05) is 33.7 Å². The van der Waals surface area contributed by atoms with Crippen molar-refractivity contribution in [3.63, 3.8) is 0 Å². The van der Waals surface area contributed by atoms with E-state index in [0.717, 1.165) is 47.8 Å². The highest BCUT2D eigenvalue weighted by atomic mass is 35.5. The fraction of sp³-hybridized carbons (Fsp3) is 0.385. The number of likely N-dealkylation sites (tertiary alicyclic amines) is 1. The van der Waals surface area contributed by atoms with Gasteiger partial charge in [-0.2, -0.15) is 0 Å². The molecule has 3 amide bonds. The molecule has 1 aromatic heterocycles. The summed E-state index contributed by atoms with van der Waals surface area (Å²) in [6.07, 6.45) is 3.58. The molecule has 7 rings (SSSR count). The highest BCUT2D eigenvalue weighted by molar-refractivity contribution is 6.31. The molecule has 3 heterocycles. The Morgan fingerprint density at radius 3 is 2.13 bits per heavy atom. The monoisotopic (exact) mass is 948 g/mol. The lowest BCUT2D eigenvalue weighted by molar-refractivity contribution is -0.149. The summed E-state index contributed by atoms with van der Waals surface area (Å²) < 4.78 is 8.58. The first-order valence-corrected chi connectivity index (χ1v) is 23.5. The average Bonchev–Trinajstić information content (AvgIpc) is 3.97. The lowest BCUT2D eigenvalue weighted by Gasteiger charge is -2.37. The van der Waals surface area contributed by atoms with Crippen molar-refractivity contribution >= 4 is 52.7 Å². The number of amides is 3. The maximum atomic E-state index is 14.9. The number of halogens is 2. The number of nitrogens with zero attached hydrogens (tertiary/aromatic N) is 6. The van der Waals surface area contributed by atoms with Crippen LogP contribution in [0.2, 0.25) is 10.0 Å². The number of carbonyl (C=O) groups is 5. The first-order valence-electron chi connectivity index (χ1n) is 22.8. The van der Waals surface area contributed by atoms with Crippen molar-refractivity contribution in [2.45, 2.75) is 77.0 Å². The Kier molecular flexibility index (Phi) is 16.2. The van der Waals surface area contributed by atoms with E-state index in [0.29, 0.717) is 33.5 Å². The molecule has 2 aliphatic heterocycles. The summed E-state index contributed by atoms with van der Waals surface area (Å²) in [5, 5.41) is 10.9. The number of hydrogen-bond donors (Lipinski definition) is 1. The second-order valence-electron chi connectivity index (χ2n) is 17.9. The van der Waals surface area contributed by atoms with E-state index in [1.54, 1.807) is 56.3 Å². The number of aliphatic carboxylic acids is 1. The number of ether oxygens (including phenoxy) is 1. The molecule has 67 heavy (non-hydrogen) atoms. The molecule has 0 aliphatic carbocycles. The number of aromatic nitrogens is 2. The predicted octanol–water partition coefficient (Wildman–Crippen LogP) is 8.34. The molecule has 4 atom stereocenters. The molecule has 15 heteroatoms. The third-order valence-corrected chi connectivity index (χ3v) is 13.6. The SMILES string of the molecule is C[C@H]1C(=O)C[C@@H](CC(=O)O)C(=O)N(C)[C@H](Cc2ccc(Cl)cc2)CN(C)C(=O)[C@H](Cc2ccccc2)CC(=O)N1Cc1ccc(Cl)cc1Oc1ccc(-c2cnc(CN3CCCC3)n2C)cc1. The van der Waals surface area contributed by atoms with Gasteiger partial charge in [-0.25, -0.2) is 4.98 Å². The van der Waals surface area contributed by atoms with E-state index >= 15 is 0 Å². The molecule has 1 N–H and O–H groups in total. The van der Waals surface area contributed by atoms with Crippen LogP contribution in [0, 0.1) is 11.8 Å². The summed E-state index contributed by atoms with van der Waals surface area (Å²) in [4.78, 5) is 82.2. The van der Waals surface area contributed by atoms with Crippen molar-refractivity contribution in [3.05, 3.63) is 136 Å². The van der Waals surface area contributed by atoms with Crippen LogP contribution in [0.3, 0.4) is 0 Å². The highest BCUT2D eigenvalue weighted by Gasteiger charge is 2.38. The van der Waals surface area contributed by atoms with Gasteiger partial charge in [0.05, 0.1) is 55.3 Å². The molecule has 0 saturated carbocycles. The second-order valence-corrected chi connectivity index (χ2v) is 18.8. The number of Topliss-reactive ketones (excluding diaryl/α,β-unsaturated/α-hetero) is 1. The second kappa shape index (κ2) is 22.2. The summed E-state index contributed by atoms with van der Waals surface area (Å²) in [5.41, 5.74) is 4.15. The third-order valence-electron chi connectivity index (χ3n) is 13.1. The minimum atomic E-state index is -1.25. The molecule has 13 nitrogen and oxygen atoms in total. The third kappa shape index (κ3) is 12.5. The average molecular weight is 950 g/mol. The van der Waals surface area contributed by atoms with Crippen LogP contribution in [0.25, 0.3) is 11.3 Å². The highest BCUT2D eigenvalue weighted by Crippen LogP contribution is 2.33. The van der Waals surface area contributed by atoms with Gasteiger partial charge in [0.1, 0.15) is 17.3 Å². The number of hydrogen-bond acceptors (Lipinski definition) is 8. The van der Waals surface area contributed by atoms with Gasteiger partial charge in [0.25, 0.3) is 0 Å². The molecule has 2 aliphatic rings. The Bertz CT molecular complexity index is 2550. The molecule has 0 spiro atoms. The van der Waals surface area contributed by atoms with Crippen LogP contribution < -0.4 is 4.74 Å². The van der Waals surface area contributed by atoms with Crippen molar-refractivity contribution in [1.82, 2.24) is 29.2 Å². The Morgan fingerprint density at radius 2 is 1.45 bits per heavy atom. The van der Waals surface area contributed by atoms with Gasteiger partial charge in [0, 0.05) is 61.7 Å². The lowest BCUT2D eigenvalue weighted by atomic mass is 9.90. The van der Waals surface area contributed by atoms with E-state index in [4.69, 9.17) is 32.9 Å². The number of rotatable bonds is 13. The minimum absolute atomic E-state index is 0.0747. The topological polar surface area (TPSA) is 146 Å². The summed E-state index contributed by atoms with van der Waals surface area (Å²) in [6, 6.07) is 27.5. The lowest BCUT2D eigenvalue weighted by Crippen LogP contribution is -2.52. The molecule has 352 valence electrons. The zero-order valence-electron chi connectivity index (χ0n) is 38.4. The van der Waals surface area contributed by atoms with Crippen LogP contribution in [-0.2, 0) is 57.0 Å². The molecular weight excluding hydrogens is 892 g/mol. The predicted molar refractivity (Wildman–Crippen MR) is 258 cm³/mol. The molecule has 2 saturated heterocycles. The smallest absolute Gasteiger partial charge is 0.304 e. The Labute approximate surface area is 402 Å². The number of likely N-dealkylation sites (N-methyl/N-ethyl adjacent to an activating group) is 2. The van der Waals surface area contributed by atoms with Gasteiger partial charge < -0.3 is 29.1 Å². The minimum Gasteiger partial charge on any atom is -0.481 e. The van der Waals surface area contributed by atoms with Crippen LogP contribution >= 0.6 is 23.2 Å². The van der Waals surface area contributed by atoms with Gasteiger partial charge in [-0.3, -0.25) is 28.9 Å². The van der Waals surface area contributed by atoms with E-state index in [2.05, 4.69) is 9.47 Å². The zero-order chi connectivity index (χ0) is 47.8. The van der Waals surface area contributed by atoms with Crippen LogP contribution in [0.15, 0.2) is 103 Å². The number of benzene rings is 4. The normalized spacial score (nSPS) is 20.4. The summed E-state index contributed by atoms with van der Waals surface area (Å²) in [5.74, 6) is -3.30. The molecule has 5 aromatic rings. The number of imidazole rings is 1. The van der Waals surface area contributed by atoms with Crippen molar-refractivity contribution < 1.29 is 33.8 Å². The van der Waals surface area contributed by atoms with E-state index in [1.165, 1.54) is 22.6 Å².